The van der Waals surface area contributed by atoms with Gasteiger partial charge in [-0.3, -0.25) is 4.79 Å². The van der Waals surface area contributed by atoms with Crippen molar-refractivity contribution in [2.24, 2.45) is 0 Å². The Morgan fingerprint density at radius 2 is 2.00 bits per heavy atom. The van der Waals surface area contributed by atoms with Crippen molar-refractivity contribution in [2.75, 3.05) is 13.7 Å². The maximum atomic E-state index is 11.6. The zero-order valence-electron chi connectivity index (χ0n) is 13.8. The summed E-state index contributed by atoms with van der Waals surface area (Å²) in [5, 5.41) is 12.9. The maximum Gasteiger partial charge on any atom is 0.352 e. The van der Waals surface area contributed by atoms with E-state index in [9.17, 15) is 14.7 Å². The van der Waals surface area contributed by atoms with E-state index in [0.717, 1.165) is 16.5 Å². The summed E-state index contributed by atoms with van der Waals surface area (Å²) >= 11 is 0. The largest absolute Gasteiger partial charge is 0.477 e. The van der Waals surface area contributed by atoms with Gasteiger partial charge in [0.2, 0.25) is 5.91 Å². The van der Waals surface area contributed by atoms with E-state index in [1.807, 2.05) is 18.2 Å². The van der Waals surface area contributed by atoms with Crippen LogP contribution in [0.2, 0.25) is 0 Å². The number of amides is 1. The second kappa shape index (κ2) is 6.42. The maximum absolute atomic E-state index is 11.6. The minimum Gasteiger partial charge on any atom is -0.477 e. The fourth-order valence-corrected chi connectivity index (χ4v) is 2.45. The summed E-state index contributed by atoms with van der Waals surface area (Å²) in [4.78, 5) is 26.0. The fourth-order valence-electron chi connectivity index (χ4n) is 2.45. The Kier molecular flexibility index (Phi) is 4.75. The van der Waals surface area contributed by atoms with Gasteiger partial charge in [0.25, 0.3) is 0 Å². The monoisotopic (exact) mass is 318 g/mol. The van der Waals surface area contributed by atoms with Crippen molar-refractivity contribution < 1.29 is 19.4 Å². The van der Waals surface area contributed by atoms with Gasteiger partial charge in [0, 0.05) is 30.1 Å². The topological polar surface area (TPSA) is 91.4 Å². The van der Waals surface area contributed by atoms with Crippen LogP contribution in [0.1, 0.15) is 42.4 Å². The molecule has 1 heterocycles. The van der Waals surface area contributed by atoms with E-state index in [-0.39, 0.29) is 30.2 Å². The van der Waals surface area contributed by atoms with Gasteiger partial charge in [-0.05, 0) is 23.1 Å². The first-order chi connectivity index (χ1) is 10.7. The van der Waals surface area contributed by atoms with Gasteiger partial charge in [-0.2, -0.15) is 0 Å². The molecule has 6 heteroatoms. The molecule has 23 heavy (non-hydrogen) atoms. The van der Waals surface area contributed by atoms with Crippen LogP contribution in [-0.2, 0) is 21.5 Å². The SMILES string of the molecule is COCC(=O)NCc1c(C(=O)O)[nH]c2ccc(C(C)(C)C)cc12. The number of carboxylic acid groups (broad SMARTS) is 1. The molecule has 0 bridgehead atoms. The number of benzene rings is 1. The molecule has 0 saturated carbocycles. The van der Waals surface area contributed by atoms with Crippen LogP contribution < -0.4 is 5.32 Å². The van der Waals surface area contributed by atoms with Crippen molar-refractivity contribution in [3.63, 3.8) is 0 Å². The summed E-state index contributed by atoms with van der Waals surface area (Å²) in [7, 11) is 1.43. The molecule has 0 fully saturated rings. The smallest absolute Gasteiger partial charge is 0.352 e. The van der Waals surface area contributed by atoms with Gasteiger partial charge in [-0.1, -0.05) is 26.8 Å². The molecule has 0 radical (unpaired) electrons. The number of aromatic amines is 1. The highest BCUT2D eigenvalue weighted by Crippen LogP contribution is 2.29. The van der Waals surface area contributed by atoms with Crippen LogP contribution in [-0.4, -0.2) is 35.7 Å². The summed E-state index contributed by atoms with van der Waals surface area (Å²) in [5.74, 6) is -1.33. The molecule has 0 unspecified atom stereocenters. The average Bonchev–Trinajstić information content (AvgIpc) is 2.82. The normalized spacial score (nSPS) is 11.7. The minimum atomic E-state index is -1.05. The predicted molar refractivity (Wildman–Crippen MR) is 87.7 cm³/mol. The van der Waals surface area contributed by atoms with Crippen molar-refractivity contribution in [1.29, 1.82) is 0 Å². The van der Waals surface area contributed by atoms with Gasteiger partial charge < -0.3 is 20.1 Å². The standard InChI is InChI=1S/C17H22N2O4/c1-17(2,3)10-5-6-13-11(7-10)12(15(19-13)16(21)22)8-18-14(20)9-23-4/h5-7,19H,8-9H2,1-4H3,(H,18,20)(H,21,22). The van der Waals surface area contributed by atoms with E-state index < -0.39 is 5.97 Å². The van der Waals surface area contributed by atoms with E-state index in [0.29, 0.717) is 5.56 Å². The lowest BCUT2D eigenvalue weighted by molar-refractivity contribution is -0.124. The van der Waals surface area contributed by atoms with Crippen molar-refractivity contribution >= 4 is 22.8 Å². The Morgan fingerprint density at radius 1 is 1.30 bits per heavy atom. The Labute approximate surface area is 134 Å². The third-order valence-corrected chi connectivity index (χ3v) is 3.72. The van der Waals surface area contributed by atoms with Gasteiger partial charge >= 0.3 is 5.97 Å². The third-order valence-electron chi connectivity index (χ3n) is 3.72. The predicted octanol–water partition coefficient (Wildman–Crippen LogP) is 2.43. The Balaban J connectivity index is 2.47. The number of carbonyl (C=O) groups excluding carboxylic acids is 1. The zero-order chi connectivity index (χ0) is 17.2. The number of rotatable bonds is 5. The van der Waals surface area contributed by atoms with Gasteiger partial charge in [0.1, 0.15) is 12.3 Å². The number of methoxy groups -OCH3 is 1. The molecule has 2 rings (SSSR count). The van der Waals surface area contributed by atoms with Crippen LogP contribution in [0.5, 0.6) is 0 Å². The first-order valence-corrected chi connectivity index (χ1v) is 7.38. The fraction of sp³-hybridized carbons (Fsp3) is 0.412. The average molecular weight is 318 g/mol. The first kappa shape index (κ1) is 17.0. The molecular formula is C17H22N2O4. The summed E-state index contributed by atoms with van der Waals surface area (Å²) in [6.45, 7) is 6.37. The van der Waals surface area contributed by atoms with Gasteiger partial charge in [-0.25, -0.2) is 4.79 Å². The lowest BCUT2D eigenvalue weighted by Gasteiger charge is -2.19. The number of hydrogen-bond acceptors (Lipinski definition) is 3. The van der Waals surface area contributed by atoms with Crippen LogP contribution >= 0.6 is 0 Å². The number of aromatic nitrogens is 1. The van der Waals surface area contributed by atoms with Gasteiger partial charge in [0.05, 0.1) is 0 Å². The van der Waals surface area contributed by atoms with Crippen LogP contribution in [0.4, 0.5) is 0 Å². The van der Waals surface area contributed by atoms with E-state index in [4.69, 9.17) is 4.74 Å². The van der Waals surface area contributed by atoms with Crippen LogP contribution in [0.3, 0.4) is 0 Å². The number of fused-ring (bicyclic) bond motifs is 1. The summed E-state index contributed by atoms with van der Waals surface area (Å²) in [5.41, 5.74) is 2.47. The molecule has 0 atom stereocenters. The highest BCUT2D eigenvalue weighted by Gasteiger charge is 2.20. The number of carboxylic acids is 1. The van der Waals surface area contributed by atoms with Crippen LogP contribution in [0.25, 0.3) is 10.9 Å². The molecule has 0 aliphatic rings. The number of carbonyl (C=O) groups is 2. The quantitative estimate of drug-likeness (QED) is 0.789. The summed E-state index contributed by atoms with van der Waals surface area (Å²) in [6.07, 6.45) is 0. The number of ether oxygens (including phenoxy) is 1. The van der Waals surface area contributed by atoms with Crippen LogP contribution in [0, 0.1) is 0 Å². The molecule has 0 aliphatic heterocycles. The second-order valence-electron chi connectivity index (χ2n) is 6.50. The Morgan fingerprint density at radius 3 is 2.57 bits per heavy atom. The molecule has 1 aromatic heterocycles. The molecule has 124 valence electrons. The molecule has 1 amide bonds. The van der Waals surface area contributed by atoms with E-state index in [1.54, 1.807) is 0 Å². The molecule has 1 aromatic carbocycles. The summed E-state index contributed by atoms with van der Waals surface area (Å²) in [6, 6.07) is 5.84. The van der Waals surface area contributed by atoms with Crippen molar-refractivity contribution in [3.8, 4) is 0 Å². The molecule has 6 nitrogen and oxygen atoms in total. The lowest BCUT2D eigenvalue weighted by atomic mass is 9.86. The van der Waals surface area contributed by atoms with Crippen LogP contribution in [0.15, 0.2) is 18.2 Å². The minimum absolute atomic E-state index is 0.0502. The first-order valence-electron chi connectivity index (χ1n) is 7.38. The molecule has 2 aromatic rings. The molecule has 0 spiro atoms. The number of hydrogen-bond donors (Lipinski definition) is 3. The Bertz CT molecular complexity index is 741. The lowest BCUT2D eigenvalue weighted by Crippen LogP contribution is -2.27. The number of nitrogens with one attached hydrogen (secondary N) is 2. The number of aromatic carboxylic acids is 1. The zero-order valence-corrected chi connectivity index (χ0v) is 13.8. The van der Waals surface area contributed by atoms with Gasteiger partial charge in [0.15, 0.2) is 0 Å². The van der Waals surface area contributed by atoms with E-state index in [2.05, 4.69) is 31.1 Å². The number of H-pyrrole nitrogens is 1. The summed E-state index contributed by atoms with van der Waals surface area (Å²) < 4.78 is 4.77. The van der Waals surface area contributed by atoms with Crippen molar-refractivity contribution in [1.82, 2.24) is 10.3 Å². The van der Waals surface area contributed by atoms with Crippen molar-refractivity contribution in [2.45, 2.75) is 32.7 Å². The van der Waals surface area contributed by atoms with E-state index >= 15 is 0 Å². The molecule has 0 saturated heterocycles. The van der Waals surface area contributed by atoms with E-state index in [1.165, 1.54) is 7.11 Å². The van der Waals surface area contributed by atoms with Crippen molar-refractivity contribution in [3.05, 3.63) is 35.0 Å². The second-order valence-corrected chi connectivity index (χ2v) is 6.50. The van der Waals surface area contributed by atoms with Gasteiger partial charge in [-0.15, -0.1) is 0 Å². The molecule has 0 aliphatic carbocycles. The highest BCUT2D eigenvalue weighted by atomic mass is 16.5. The molecular weight excluding hydrogens is 296 g/mol. The third kappa shape index (κ3) is 3.71. The Hall–Kier alpha value is -2.34. The highest BCUT2D eigenvalue weighted by molar-refractivity contribution is 5.98. The molecule has 3 N–H and O–H groups in total.